The van der Waals surface area contributed by atoms with Crippen molar-refractivity contribution in [1.29, 1.82) is 5.26 Å². The summed E-state index contributed by atoms with van der Waals surface area (Å²) >= 11 is 1.33. The number of carbonyl (C=O) groups is 1. The maximum atomic E-state index is 12.2. The van der Waals surface area contributed by atoms with Gasteiger partial charge < -0.3 is 5.32 Å². The summed E-state index contributed by atoms with van der Waals surface area (Å²) in [5.74, 6) is 0.103. The highest BCUT2D eigenvalue weighted by Crippen LogP contribution is 2.20. The molecule has 0 aliphatic heterocycles. The lowest BCUT2D eigenvalue weighted by Crippen LogP contribution is -2.14. The number of aromatic nitrogens is 3. The van der Waals surface area contributed by atoms with Gasteiger partial charge in [0.15, 0.2) is 5.16 Å². The van der Waals surface area contributed by atoms with Crippen molar-refractivity contribution in [2.75, 3.05) is 11.1 Å². The number of nitrogens with zero attached hydrogens (tertiary/aromatic N) is 4. The summed E-state index contributed by atoms with van der Waals surface area (Å²) in [4.78, 5) is 12.2. The van der Waals surface area contributed by atoms with E-state index in [1.165, 1.54) is 17.3 Å². The van der Waals surface area contributed by atoms with Crippen molar-refractivity contribution < 1.29 is 4.79 Å². The summed E-state index contributed by atoms with van der Waals surface area (Å²) in [6.07, 6.45) is 2.00. The fourth-order valence-corrected chi connectivity index (χ4v) is 3.06. The SMILES string of the molecule is Cc1ccc(-n2cnnc2SCC(=O)Nc2ccc(CC#N)cc2)cc1. The molecule has 0 aliphatic rings. The van der Waals surface area contributed by atoms with Crippen molar-refractivity contribution in [3.8, 4) is 11.8 Å². The quantitative estimate of drug-likeness (QED) is 0.679. The van der Waals surface area contributed by atoms with Gasteiger partial charge in [-0.3, -0.25) is 9.36 Å². The van der Waals surface area contributed by atoms with Gasteiger partial charge in [0.2, 0.25) is 5.91 Å². The van der Waals surface area contributed by atoms with Crippen molar-refractivity contribution >= 4 is 23.4 Å². The van der Waals surface area contributed by atoms with Crippen molar-refractivity contribution in [3.63, 3.8) is 0 Å². The van der Waals surface area contributed by atoms with E-state index in [4.69, 9.17) is 5.26 Å². The molecule has 0 saturated heterocycles. The summed E-state index contributed by atoms with van der Waals surface area (Å²) in [7, 11) is 0. The van der Waals surface area contributed by atoms with Crippen LogP contribution in [0.2, 0.25) is 0 Å². The summed E-state index contributed by atoms with van der Waals surface area (Å²) < 4.78 is 1.86. The number of anilines is 1. The van der Waals surface area contributed by atoms with Crippen molar-refractivity contribution in [1.82, 2.24) is 14.8 Å². The molecule has 0 saturated carbocycles. The fourth-order valence-electron chi connectivity index (χ4n) is 2.33. The van der Waals surface area contributed by atoms with Crippen molar-refractivity contribution in [2.24, 2.45) is 0 Å². The number of benzene rings is 2. The number of carbonyl (C=O) groups excluding carboxylic acids is 1. The van der Waals surface area contributed by atoms with E-state index in [1.54, 1.807) is 18.5 Å². The first-order valence-corrected chi connectivity index (χ1v) is 9.00. The van der Waals surface area contributed by atoms with Gasteiger partial charge in [0.25, 0.3) is 0 Å². The van der Waals surface area contributed by atoms with Crippen LogP contribution >= 0.6 is 11.8 Å². The molecule has 0 radical (unpaired) electrons. The Morgan fingerprint density at radius 2 is 1.92 bits per heavy atom. The molecular formula is C19H17N5OS. The minimum absolute atomic E-state index is 0.124. The van der Waals surface area contributed by atoms with Crippen LogP contribution in [-0.2, 0) is 11.2 Å². The van der Waals surface area contributed by atoms with E-state index >= 15 is 0 Å². The summed E-state index contributed by atoms with van der Waals surface area (Å²) in [5.41, 5.74) is 3.76. The Bertz CT molecular complexity index is 926. The largest absolute Gasteiger partial charge is 0.325 e. The standard InChI is InChI=1S/C19H17N5OS/c1-14-2-8-17(9-3-14)24-13-21-23-19(24)26-12-18(25)22-16-6-4-15(5-7-16)10-11-20/h2-9,13H,10,12H2,1H3,(H,22,25). The molecule has 0 unspecified atom stereocenters. The third kappa shape index (κ3) is 4.49. The molecule has 130 valence electrons. The number of thioether (sulfide) groups is 1. The van der Waals surface area contributed by atoms with Gasteiger partial charge in [0.05, 0.1) is 18.2 Å². The molecule has 26 heavy (non-hydrogen) atoms. The minimum Gasteiger partial charge on any atom is -0.325 e. The van der Waals surface area contributed by atoms with E-state index in [1.807, 2.05) is 47.9 Å². The van der Waals surface area contributed by atoms with Crippen LogP contribution < -0.4 is 5.32 Å². The number of aryl methyl sites for hydroxylation is 1. The van der Waals surface area contributed by atoms with Gasteiger partial charge in [0.1, 0.15) is 6.33 Å². The second-order valence-corrected chi connectivity index (χ2v) is 6.63. The monoisotopic (exact) mass is 363 g/mol. The van der Waals surface area contributed by atoms with E-state index in [-0.39, 0.29) is 11.7 Å². The summed E-state index contributed by atoms with van der Waals surface area (Å²) in [6.45, 7) is 2.03. The van der Waals surface area contributed by atoms with Gasteiger partial charge in [-0.25, -0.2) is 0 Å². The first-order valence-electron chi connectivity index (χ1n) is 8.01. The second kappa shape index (κ2) is 8.32. The molecule has 2 aromatic carbocycles. The fraction of sp³-hybridized carbons (Fsp3) is 0.158. The molecule has 1 N–H and O–H groups in total. The van der Waals surface area contributed by atoms with Gasteiger partial charge in [-0.2, -0.15) is 5.26 Å². The Morgan fingerprint density at radius 1 is 1.19 bits per heavy atom. The summed E-state index contributed by atoms with van der Waals surface area (Å²) in [5, 5.41) is 20.2. The predicted octanol–water partition coefficient (Wildman–Crippen LogP) is 3.37. The predicted molar refractivity (Wildman–Crippen MR) is 101 cm³/mol. The van der Waals surface area contributed by atoms with E-state index in [0.717, 1.165) is 11.3 Å². The van der Waals surface area contributed by atoms with Gasteiger partial charge in [-0.05, 0) is 36.8 Å². The molecule has 1 heterocycles. The van der Waals surface area contributed by atoms with E-state index in [0.29, 0.717) is 17.3 Å². The topological polar surface area (TPSA) is 83.6 Å². The van der Waals surface area contributed by atoms with Gasteiger partial charge in [0, 0.05) is 11.4 Å². The molecule has 1 amide bonds. The number of hydrogen-bond donors (Lipinski definition) is 1. The smallest absolute Gasteiger partial charge is 0.234 e. The number of rotatable bonds is 6. The highest BCUT2D eigenvalue weighted by molar-refractivity contribution is 7.99. The minimum atomic E-state index is -0.124. The Morgan fingerprint density at radius 3 is 2.62 bits per heavy atom. The zero-order valence-electron chi connectivity index (χ0n) is 14.2. The Labute approximate surface area is 155 Å². The highest BCUT2D eigenvalue weighted by Gasteiger charge is 2.10. The first kappa shape index (κ1) is 17.7. The zero-order valence-corrected chi connectivity index (χ0v) is 15.0. The molecule has 0 aliphatic carbocycles. The Hall–Kier alpha value is -3.11. The molecule has 3 rings (SSSR count). The molecular weight excluding hydrogens is 346 g/mol. The highest BCUT2D eigenvalue weighted by atomic mass is 32.2. The van der Waals surface area contributed by atoms with Crippen LogP contribution in [-0.4, -0.2) is 26.4 Å². The van der Waals surface area contributed by atoms with Crippen LogP contribution in [0.5, 0.6) is 0 Å². The average molecular weight is 363 g/mol. The van der Waals surface area contributed by atoms with Gasteiger partial charge in [-0.1, -0.05) is 41.6 Å². The second-order valence-electron chi connectivity index (χ2n) is 5.69. The third-order valence-corrected chi connectivity index (χ3v) is 4.62. The number of nitriles is 1. The lowest BCUT2D eigenvalue weighted by atomic mass is 10.1. The molecule has 0 bridgehead atoms. The van der Waals surface area contributed by atoms with E-state index in [9.17, 15) is 4.79 Å². The molecule has 0 spiro atoms. The zero-order chi connectivity index (χ0) is 18.4. The van der Waals surface area contributed by atoms with Gasteiger partial charge in [-0.15, -0.1) is 10.2 Å². The molecule has 1 aromatic heterocycles. The van der Waals surface area contributed by atoms with Crippen molar-refractivity contribution in [3.05, 3.63) is 66.0 Å². The summed E-state index contributed by atoms with van der Waals surface area (Å²) in [6, 6.07) is 17.4. The van der Waals surface area contributed by atoms with E-state index in [2.05, 4.69) is 21.6 Å². The number of hydrogen-bond acceptors (Lipinski definition) is 5. The molecule has 6 nitrogen and oxygen atoms in total. The van der Waals surface area contributed by atoms with Crippen LogP contribution in [0.1, 0.15) is 11.1 Å². The van der Waals surface area contributed by atoms with Gasteiger partial charge >= 0.3 is 0 Å². The lowest BCUT2D eigenvalue weighted by molar-refractivity contribution is -0.113. The normalized spacial score (nSPS) is 10.3. The third-order valence-electron chi connectivity index (χ3n) is 3.68. The van der Waals surface area contributed by atoms with Crippen LogP contribution in [0.4, 0.5) is 5.69 Å². The molecule has 0 atom stereocenters. The maximum Gasteiger partial charge on any atom is 0.234 e. The average Bonchev–Trinajstić information content (AvgIpc) is 3.11. The van der Waals surface area contributed by atoms with Crippen LogP contribution in [0.25, 0.3) is 5.69 Å². The Kier molecular flexibility index (Phi) is 5.66. The molecule has 0 fully saturated rings. The lowest BCUT2D eigenvalue weighted by Gasteiger charge is -2.07. The van der Waals surface area contributed by atoms with Crippen molar-refractivity contribution in [2.45, 2.75) is 18.5 Å². The van der Waals surface area contributed by atoms with E-state index < -0.39 is 0 Å². The van der Waals surface area contributed by atoms with Crippen LogP contribution in [0, 0.1) is 18.3 Å². The molecule has 7 heteroatoms. The maximum absolute atomic E-state index is 12.2. The Balaban J connectivity index is 1.59. The molecule has 3 aromatic rings. The van der Waals surface area contributed by atoms with Crippen LogP contribution in [0.15, 0.2) is 60.0 Å². The number of nitrogens with one attached hydrogen (secondary N) is 1. The van der Waals surface area contributed by atoms with Crippen LogP contribution in [0.3, 0.4) is 0 Å². The number of amides is 1. The first-order chi connectivity index (χ1) is 12.7.